The van der Waals surface area contributed by atoms with Crippen molar-refractivity contribution in [2.45, 2.75) is 25.3 Å². The van der Waals surface area contributed by atoms with Crippen LogP contribution in [-0.2, 0) is 18.4 Å². The number of nitriles is 1. The molecule has 224 valence electrons. The van der Waals surface area contributed by atoms with E-state index in [-0.39, 0.29) is 23.3 Å². The quantitative estimate of drug-likeness (QED) is 0.249. The van der Waals surface area contributed by atoms with Crippen LogP contribution in [0.1, 0.15) is 46.3 Å². The second-order valence-electron chi connectivity index (χ2n) is 10.9. The third-order valence-electron chi connectivity index (χ3n) is 7.80. The van der Waals surface area contributed by atoms with Gasteiger partial charge in [-0.25, -0.2) is 4.98 Å². The van der Waals surface area contributed by atoms with Gasteiger partial charge in [0.05, 0.1) is 29.9 Å². The fourth-order valence-corrected chi connectivity index (χ4v) is 5.35. The number of hydrogen-bond acceptors (Lipinski definition) is 10. The lowest BCUT2D eigenvalue weighted by Gasteiger charge is -2.39. The molecule has 4 heterocycles. The molecule has 1 saturated heterocycles. The zero-order valence-corrected chi connectivity index (χ0v) is 24.7. The highest BCUT2D eigenvalue weighted by Crippen LogP contribution is 2.39. The van der Waals surface area contributed by atoms with Gasteiger partial charge in [-0.2, -0.15) is 10.4 Å². The molecule has 44 heavy (non-hydrogen) atoms. The molecule has 3 N–H and O–H groups in total. The number of methoxy groups -OCH3 is 1. The van der Waals surface area contributed by atoms with Crippen LogP contribution in [0.3, 0.4) is 0 Å². The molecule has 0 unspecified atom stereocenters. The summed E-state index contributed by atoms with van der Waals surface area (Å²) in [4.78, 5) is 31.6. The van der Waals surface area contributed by atoms with Crippen molar-refractivity contribution in [3.63, 3.8) is 0 Å². The molecule has 0 radical (unpaired) electrons. The Bertz CT molecular complexity index is 1770. The number of aryl methyl sites for hydroxylation is 1. The second kappa shape index (κ2) is 12.1. The van der Waals surface area contributed by atoms with E-state index in [2.05, 4.69) is 48.2 Å². The van der Waals surface area contributed by atoms with Gasteiger partial charge in [-0.05, 0) is 43.2 Å². The zero-order chi connectivity index (χ0) is 30.8. The highest BCUT2D eigenvalue weighted by atomic mass is 16.5. The molecule has 4 aromatic rings. The summed E-state index contributed by atoms with van der Waals surface area (Å²) < 4.78 is 7.76. The van der Waals surface area contributed by atoms with Crippen molar-refractivity contribution in [1.82, 2.24) is 35.2 Å². The van der Waals surface area contributed by atoms with E-state index in [9.17, 15) is 9.59 Å². The van der Waals surface area contributed by atoms with Crippen LogP contribution < -0.4 is 20.7 Å². The van der Waals surface area contributed by atoms with Crippen LogP contribution in [0.5, 0.6) is 5.75 Å². The van der Waals surface area contributed by atoms with Gasteiger partial charge in [-0.15, -0.1) is 10.2 Å². The van der Waals surface area contributed by atoms with Gasteiger partial charge in [0.2, 0.25) is 5.91 Å². The Kier molecular flexibility index (Phi) is 7.91. The van der Waals surface area contributed by atoms with E-state index in [0.717, 1.165) is 48.6 Å². The Morgan fingerprint density at radius 2 is 1.89 bits per heavy atom. The van der Waals surface area contributed by atoms with Gasteiger partial charge >= 0.3 is 0 Å². The number of anilines is 3. The third kappa shape index (κ3) is 5.93. The molecule has 1 aliphatic carbocycles. The SMILES string of the molecule is CNC(=O)c1nnc(NC(=O)C2CC2)cc1Nc1cccc(-c2cc(C3CN(Cc4cccc(C#N)n4)C3)n(C)n2)c1OC. The molecule has 0 atom stereocenters. The number of nitrogens with zero attached hydrogens (tertiary/aromatic N) is 7. The number of aromatic nitrogens is 5. The van der Waals surface area contributed by atoms with Crippen molar-refractivity contribution >= 4 is 29.0 Å². The molecule has 1 aromatic carbocycles. The standard InChI is InChI=1S/C31H32N10O3/c1-33-31(43)28-25(13-27(37-38-28)36-30(42)18-10-11-18)35-23-9-5-8-22(29(23)44-3)24-12-26(40(2)39-24)19-15-41(16-19)17-21-7-4-6-20(14-32)34-21/h4-9,12-13,18-19H,10-11,15-17H2,1-3H3,(H,33,43)(H2,35,36,37,42). The number of para-hydroxylation sites is 1. The first-order valence-corrected chi connectivity index (χ1v) is 14.3. The van der Waals surface area contributed by atoms with E-state index in [4.69, 9.17) is 15.1 Å². The summed E-state index contributed by atoms with van der Waals surface area (Å²) in [6, 6.07) is 16.9. The Morgan fingerprint density at radius 3 is 2.61 bits per heavy atom. The monoisotopic (exact) mass is 592 g/mol. The molecule has 0 spiro atoms. The molecular weight excluding hydrogens is 560 g/mol. The smallest absolute Gasteiger partial charge is 0.273 e. The summed E-state index contributed by atoms with van der Waals surface area (Å²) in [7, 11) is 5.03. The third-order valence-corrected chi connectivity index (χ3v) is 7.80. The van der Waals surface area contributed by atoms with Crippen molar-refractivity contribution in [1.29, 1.82) is 5.26 Å². The van der Waals surface area contributed by atoms with Crippen LogP contribution in [0.25, 0.3) is 11.3 Å². The topological polar surface area (TPSA) is 163 Å². The van der Waals surface area contributed by atoms with Crippen LogP contribution in [0.4, 0.5) is 17.2 Å². The number of benzene rings is 1. The number of likely N-dealkylation sites (tertiary alicyclic amines) is 1. The number of carbonyl (C=O) groups is 2. The predicted octanol–water partition coefficient (Wildman–Crippen LogP) is 3.20. The van der Waals surface area contributed by atoms with Crippen LogP contribution in [0.2, 0.25) is 0 Å². The number of hydrogen-bond donors (Lipinski definition) is 3. The second-order valence-corrected chi connectivity index (χ2v) is 10.9. The summed E-state index contributed by atoms with van der Waals surface area (Å²) in [6.07, 6.45) is 1.71. The molecule has 13 nitrogen and oxygen atoms in total. The number of amides is 2. The maximum Gasteiger partial charge on any atom is 0.273 e. The maximum absolute atomic E-state index is 12.6. The summed E-state index contributed by atoms with van der Waals surface area (Å²) in [5, 5.41) is 30.7. The fraction of sp³-hybridized carbons (Fsp3) is 0.323. The van der Waals surface area contributed by atoms with Gasteiger partial charge in [0.1, 0.15) is 11.8 Å². The average molecular weight is 593 g/mol. The van der Waals surface area contributed by atoms with E-state index >= 15 is 0 Å². The van der Waals surface area contributed by atoms with Crippen molar-refractivity contribution in [2.75, 3.05) is 37.9 Å². The van der Waals surface area contributed by atoms with Gasteiger partial charge in [0, 0.05) is 62.9 Å². The first kappa shape index (κ1) is 28.8. The zero-order valence-electron chi connectivity index (χ0n) is 24.7. The van der Waals surface area contributed by atoms with E-state index in [1.165, 1.54) is 7.05 Å². The highest BCUT2D eigenvalue weighted by molar-refractivity contribution is 6.00. The molecule has 6 rings (SSSR count). The minimum absolute atomic E-state index is 0.00613. The van der Waals surface area contributed by atoms with Gasteiger partial charge in [0.25, 0.3) is 5.91 Å². The minimum atomic E-state index is -0.423. The average Bonchev–Trinajstić information content (AvgIpc) is 3.80. The molecule has 1 saturated carbocycles. The Balaban J connectivity index is 1.22. The molecule has 2 aliphatic rings. The molecular formula is C31H32N10O3. The normalized spacial score (nSPS) is 14.8. The summed E-state index contributed by atoms with van der Waals surface area (Å²) in [5.74, 6) is 0.558. The molecule has 2 fully saturated rings. The first-order chi connectivity index (χ1) is 21.4. The molecule has 1 aliphatic heterocycles. The number of ether oxygens (including phenoxy) is 1. The number of nitrogens with one attached hydrogen (secondary N) is 3. The lowest BCUT2D eigenvalue weighted by molar-refractivity contribution is -0.117. The van der Waals surface area contributed by atoms with Gasteiger partial charge in [0.15, 0.2) is 17.3 Å². The van der Waals surface area contributed by atoms with E-state index in [1.54, 1.807) is 19.2 Å². The van der Waals surface area contributed by atoms with Crippen molar-refractivity contribution in [3.05, 3.63) is 71.3 Å². The van der Waals surface area contributed by atoms with Crippen molar-refractivity contribution < 1.29 is 14.3 Å². The first-order valence-electron chi connectivity index (χ1n) is 14.3. The molecule has 2 amide bonds. The predicted molar refractivity (Wildman–Crippen MR) is 162 cm³/mol. The number of carbonyl (C=O) groups excluding carboxylic acids is 2. The van der Waals surface area contributed by atoms with Crippen molar-refractivity contribution in [2.24, 2.45) is 13.0 Å². The summed E-state index contributed by atoms with van der Waals surface area (Å²) in [5.41, 5.74) is 4.97. The van der Waals surface area contributed by atoms with Crippen LogP contribution in [0, 0.1) is 17.2 Å². The Hall–Kier alpha value is -5.35. The van der Waals surface area contributed by atoms with E-state index in [1.807, 2.05) is 42.1 Å². The van der Waals surface area contributed by atoms with Crippen LogP contribution >= 0.6 is 0 Å². The minimum Gasteiger partial charge on any atom is -0.494 e. The van der Waals surface area contributed by atoms with Gasteiger partial charge < -0.3 is 20.7 Å². The maximum atomic E-state index is 12.6. The summed E-state index contributed by atoms with van der Waals surface area (Å²) >= 11 is 0. The number of pyridine rings is 1. The molecule has 3 aromatic heterocycles. The largest absolute Gasteiger partial charge is 0.494 e. The highest BCUT2D eigenvalue weighted by Gasteiger charge is 2.32. The Morgan fingerprint density at radius 1 is 1.09 bits per heavy atom. The lowest BCUT2D eigenvalue weighted by atomic mass is 9.95. The fourth-order valence-electron chi connectivity index (χ4n) is 5.35. The molecule has 13 heteroatoms. The van der Waals surface area contributed by atoms with Crippen LogP contribution in [-0.4, -0.2) is 68.9 Å². The van der Waals surface area contributed by atoms with Gasteiger partial charge in [-0.1, -0.05) is 12.1 Å². The summed E-state index contributed by atoms with van der Waals surface area (Å²) in [6.45, 7) is 2.40. The van der Waals surface area contributed by atoms with Crippen molar-refractivity contribution in [3.8, 4) is 23.1 Å². The van der Waals surface area contributed by atoms with E-state index < -0.39 is 5.91 Å². The van der Waals surface area contributed by atoms with E-state index in [0.29, 0.717) is 35.3 Å². The Labute approximate surface area is 254 Å². The van der Waals surface area contributed by atoms with Gasteiger partial charge in [-0.3, -0.25) is 19.2 Å². The molecule has 0 bridgehead atoms. The number of rotatable bonds is 10. The van der Waals surface area contributed by atoms with Crippen LogP contribution in [0.15, 0.2) is 48.5 Å². The lowest BCUT2D eigenvalue weighted by Crippen LogP contribution is -2.45.